The fourth-order valence-electron chi connectivity index (χ4n) is 3.98. The summed E-state index contributed by atoms with van der Waals surface area (Å²) in [5, 5.41) is 10.9. The van der Waals surface area contributed by atoms with Crippen molar-refractivity contribution in [2.45, 2.75) is 72.3 Å². The first kappa shape index (κ1) is 27.1. The Morgan fingerprint density at radius 3 is 2.64 bits per heavy atom. The highest BCUT2D eigenvalue weighted by Gasteiger charge is 2.31. The number of aromatic hydroxyl groups is 1. The summed E-state index contributed by atoms with van der Waals surface area (Å²) in [5.41, 5.74) is 3.45. The molecule has 8 nitrogen and oxygen atoms in total. The Bertz CT molecular complexity index is 937. The van der Waals surface area contributed by atoms with E-state index < -0.39 is 26.9 Å². The van der Waals surface area contributed by atoms with E-state index in [4.69, 9.17) is 14.0 Å². The second-order valence-corrected chi connectivity index (χ2v) is 10.1. The smallest absolute Gasteiger partial charge is 0.507 e. The lowest BCUT2D eigenvalue weighted by atomic mass is 9.73. The van der Waals surface area contributed by atoms with Crippen LogP contribution in [-0.2, 0) is 24.8 Å². The highest BCUT2D eigenvalue weighted by atomic mass is 31.2. The SMILES string of the molecule is C=C(C)[C@@H]1CCC(C)=C[C@H]1c1c(O)cc(CCC)cc1OC(=O)OCOP(=O)(O)OC(C)C. The van der Waals surface area contributed by atoms with Crippen LogP contribution in [-0.4, -0.2) is 29.1 Å². The standard InChI is InChI=1S/C24H35O8P/c1-7-8-18-12-21(25)23(20-11-17(6)9-10-19(20)15(2)3)22(13-18)31-24(26)29-14-30-33(27,28)32-16(4)5/h11-13,16,19-20,25H,2,7-10,14H2,1,3-6H3,(H,27,28)/t19-,20+/m0/s1. The number of rotatable bonds is 10. The number of phosphoric ester groups is 1. The van der Waals surface area contributed by atoms with Gasteiger partial charge in [-0.1, -0.05) is 37.1 Å². The van der Waals surface area contributed by atoms with Crippen molar-refractivity contribution in [3.63, 3.8) is 0 Å². The molecule has 1 aliphatic carbocycles. The minimum Gasteiger partial charge on any atom is -0.507 e. The minimum atomic E-state index is -4.36. The summed E-state index contributed by atoms with van der Waals surface area (Å²) in [7, 11) is -4.36. The Hall–Kier alpha value is -2.12. The summed E-state index contributed by atoms with van der Waals surface area (Å²) in [5.74, 6) is 0.0681. The number of allylic oxidation sites excluding steroid dienone is 3. The van der Waals surface area contributed by atoms with Crippen LogP contribution in [0.5, 0.6) is 11.5 Å². The van der Waals surface area contributed by atoms with Gasteiger partial charge in [0.25, 0.3) is 0 Å². The van der Waals surface area contributed by atoms with Crippen LogP contribution in [0.3, 0.4) is 0 Å². The van der Waals surface area contributed by atoms with E-state index in [-0.39, 0.29) is 23.3 Å². The van der Waals surface area contributed by atoms with Gasteiger partial charge in [0, 0.05) is 11.5 Å². The molecular weight excluding hydrogens is 447 g/mol. The van der Waals surface area contributed by atoms with Crippen LogP contribution < -0.4 is 4.74 Å². The quantitative estimate of drug-likeness (QED) is 0.130. The number of benzene rings is 1. The predicted octanol–water partition coefficient (Wildman–Crippen LogP) is 6.38. The third-order valence-corrected chi connectivity index (χ3v) is 6.48. The molecule has 0 spiro atoms. The van der Waals surface area contributed by atoms with Crippen LogP contribution in [0, 0.1) is 5.92 Å². The molecule has 33 heavy (non-hydrogen) atoms. The van der Waals surface area contributed by atoms with Crippen LogP contribution in [0.4, 0.5) is 4.79 Å². The third kappa shape index (κ3) is 8.00. The summed E-state index contributed by atoms with van der Waals surface area (Å²) in [6, 6.07) is 3.41. The van der Waals surface area contributed by atoms with Gasteiger partial charge in [-0.25, -0.2) is 13.9 Å². The fourth-order valence-corrected chi connectivity index (χ4v) is 4.76. The Labute approximate surface area is 195 Å². The highest BCUT2D eigenvalue weighted by Crippen LogP contribution is 2.47. The van der Waals surface area contributed by atoms with Crippen molar-refractivity contribution in [3.05, 3.63) is 47.1 Å². The number of hydrogen-bond donors (Lipinski definition) is 2. The number of phenols is 1. The van der Waals surface area contributed by atoms with Gasteiger partial charge in [-0.05, 0) is 70.6 Å². The van der Waals surface area contributed by atoms with Gasteiger partial charge in [0.05, 0.1) is 6.10 Å². The second-order valence-electron chi connectivity index (χ2n) is 8.67. The number of carbonyl (C=O) groups is 1. The van der Waals surface area contributed by atoms with Crippen molar-refractivity contribution in [1.82, 2.24) is 0 Å². The largest absolute Gasteiger partial charge is 0.516 e. The Morgan fingerprint density at radius 2 is 2.03 bits per heavy atom. The molecule has 1 aromatic carbocycles. The zero-order valence-corrected chi connectivity index (χ0v) is 20.9. The molecule has 184 valence electrons. The summed E-state index contributed by atoms with van der Waals surface area (Å²) >= 11 is 0. The molecule has 0 saturated heterocycles. The van der Waals surface area contributed by atoms with Gasteiger partial charge < -0.3 is 19.5 Å². The Kier molecular flexibility index (Phi) is 9.73. The van der Waals surface area contributed by atoms with E-state index in [1.807, 2.05) is 20.8 Å². The van der Waals surface area contributed by atoms with Crippen LogP contribution in [0.15, 0.2) is 35.9 Å². The molecule has 0 saturated carbocycles. The molecule has 0 amide bonds. The first-order chi connectivity index (χ1) is 15.4. The molecule has 1 aromatic rings. The molecule has 0 aromatic heterocycles. The second kappa shape index (κ2) is 11.8. The zero-order valence-electron chi connectivity index (χ0n) is 20.0. The van der Waals surface area contributed by atoms with Crippen molar-refractivity contribution in [2.24, 2.45) is 5.92 Å². The molecule has 0 heterocycles. The maximum atomic E-state index is 12.4. The first-order valence-electron chi connectivity index (χ1n) is 11.1. The summed E-state index contributed by atoms with van der Waals surface area (Å²) in [6.07, 6.45) is 3.73. The molecule has 0 radical (unpaired) electrons. The van der Waals surface area contributed by atoms with Crippen LogP contribution in [0.25, 0.3) is 0 Å². The van der Waals surface area contributed by atoms with E-state index in [1.165, 1.54) is 5.57 Å². The number of phenolic OH excluding ortho intramolecular Hbond substituents is 1. The van der Waals surface area contributed by atoms with E-state index in [9.17, 15) is 19.4 Å². The summed E-state index contributed by atoms with van der Waals surface area (Å²) in [6.45, 7) is 12.4. The average molecular weight is 483 g/mol. The number of ether oxygens (including phenoxy) is 2. The first-order valence-corrected chi connectivity index (χ1v) is 12.6. The van der Waals surface area contributed by atoms with Gasteiger partial charge >= 0.3 is 14.0 Å². The van der Waals surface area contributed by atoms with Crippen molar-refractivity contribution < 1.29 is 37.9 Å². The lowest BCUT2D eigenvalue weighted by molar-refractivity contribution is 0.00649. The highest BCUT2D eigenvalue weighted by molar-refractivity contribution is 7.47. The van der Waals surface area contributed by atoms with E-state index >= 15 is 0 Å². The van der Waals surface area contributed by atoms with E-state index in [0.29, 0.717) is 12.0 Å². The minimum absolute atomic E-state index is 0.0346. The normalized spacial score (nSPS) is 20.2. The number of phosphoric acid groups is 1. The molecule has 0 fully saturated rings. The van der Waals surface area contributed by atoms with E-state index in [1.54, 1.807) is 26.0 Å². The molecule has 9 heteroatoms. The number of aryl methyl sites for hydroxylation is 1. The van der Waals surface area contributed by atoms with Crippen LogP contribution >= 0.6 is 7.82 Å². The fraction of sp³-hybridized carbons (Fsp3) is 0.542. The van der Waals surface area contributed by atoms with Gasteiger partial charge in [-0.15, -0.1) is 0 Å². The van der Waals surface area contributed by atoms with Crippen molar-refractivity contribution >= 4 is 14.0 Å². The molecule has 2 N–H and O–H groups in total. The third-order valence-electron chi connectivity index (χ3n) is 5.36. The van der Waals surface area contributed by atoms with Crippen molar-refractivity contribution in [3.8, 4) is 11.5 Å². The maximum Gasteiger partial charge on any atom is 0.516 e. The van der Waals surface area contributed by atoms with E-state index in [0.717, 1.165) is 30.4 Å². The molecular formula is C24H35O8P. The van der Waals surface area contributed by atoms with Gasteiger partial charge in [0.2, 0.25) is 6.79 Å². The van der Waals surface area contributed by atoms with Gasteiger partial charge in [-0.2, -0.15) is 0 Å². The monoisotopic (exact) mass is 482 g/mol. The molecule has 2 rings (SSSR count). The molecule has 3 atom stereocenters. The molecule has 1 aliphatic rings. The van der Waals surface area contributed by atoms with Crippen LogP contribution in [0.2, 0.25) is 0 Å². The Balaban J connectivity index is 2.29. The molecule has 0 bridgehead atoms. The predicted molar refractivity (Wildman–Crippen MR) is 125 cm³/mol. The topological polar surface area (TPSA) is 112 Å². The van der Waals surface area contributed by atoms with E-state index in [2.05, 4.69) is 17.2 Å². The number of carbonyl (C=O) groups excluding carboxylic acids is 1. The maximum absolute atomic E-state index is 12.4. The van der Waals surface area contributed by atoms with Gasteiger partial charge in [0.15, 0.2) is 0 Å². The average Bonchev–Trinajstić information content (AvgIpc) is 2.66. The van der Waals surface area contributed by atoms with Gasteiger partial charge in [-0.3, -0.25) is 4.52 Å². The van der Waals surface area contributed by atoms with Crippen LogP contribution in [0.1, 0.15) is 70.9 Å². The summed E-state index contributed by atoms with van der Waals surface area (Å²) < 4.78 is 31.4. The summed E-state index contributed by atoms with van der Waals surface area (Å²) in [4.78, 5) is 21.9. The lowest BCUT2D eigenvalue weighted by Crippen LogP contribution is -2.20. The molecule has 1 unspecified atom stereocenters. The molecule has 0 aliphatic heterocycles. The van der Waals surface area contributed by atoms with Gasteiger partial charge in [0.1, 0.15) is 11.5 Å². The van der Waals surface area contributed by atoms with Crippen molar-refractivity contribution in [2.75, 3.05) is 6.79 Å². The number of hydrogen-bond acceptors (Lipinski definition) is 7. The lowest BCUT2D eigenvalue weighted by Gasteiger charge is -2.32. The Morgan fingerprint density at radius 1 is 1.33 bits per heavy atom. The van der Waals surface area contributed by atoms with Crippen molar-refractivity contribution in [1.29, 1.82) is 0 Å². The zero-order chi connectivity index (χ0) is 24.8.